The molecule has 24 heteroatoms. The molecule has 1 unspecified atom stereocenters. The summed E-state index contributed by atoms with van der Waals surface area (Å²) in [7, 11) is 0. The molecule has 1 aliphatic carbocycles. The van der Waals surface area contributed by atoms with Crippen molar-refractivity contribution in [3.05, 3.63) is 76.5 Å². The average Bonchev–Trinajstić information content (AvgIpc) is 4.01. The van der Waals surface area contributed by atoms with E-state index in [1.807, 2.05) is 10.6 Å². The highest BCUT2D eigenvalue weighted by Gasteiger charge is 2.51. The first-order valence-electron chi connectivity index (χ1n) is 18.0. The van der Waals surface area contributed by atoms with Gasteiger partial charge in [-0.05, 0) is 29.7 Å². The van der Waals surface area contributed by atoms with Crippen LogP contribution in [-0.4, -0.2) is 110 Å². The predicted octanol–water partition coefficient (Wildman–Crippen LogP) is 4.06. The highest BCUT2D eigenvalue weighted by molar-refractivity contribution is 8.07. The van der Waals surface area contributed by atoms with E-state index in [4.69, 9.17) is 46.5 Å². The zero-order valence-corrected chi connectivity index (χ0v) is 32.6. The second-order valence-corrected chi connectivity index (χ2v) is 16.8. The lowest BCUT2D eigenvalue weighted by Gasteiger charge is -2.44. The van der Waals surface area contributed by atoms with Gasteiger partial charge in [0.1, 0.15) is 24.1 Å². The topological polar surface area (TPSA) is 245 Å². The van der Waals surface area contributed by atoms with Crippen LogP contribution >= 0.6 is 18.3 Å². The lowest BCUT2D eigenvalue weighted by Crippen LogP contribution is -2.43. The van der Waals surface area contributed by atoms with Gasteiger partial charge in [0, 0.05) is 49.5 Å². The number of aliphatic hydroxyl groups excluding tert-OH is 2. The van der Waals surface area contributed by atoms with Crippen LogP contribution in [0.15, 0.2) is 55.6 Å². The molecule has 6 aromatic rings. The smallest absolute Gasteiger partial charge is 0.327 e. The largest absolute Gasteiger partial charge is 0.476 e. The number of non-ortho nitro benzene ring substituents is 1. The van der Waals surface area contributed by atoms with Gasteiger partial charge in [0.15, 0.2) is 34.4 Å². The zero-order chi connectivity index (χ0) is 40.6. The Morgan fingerprint density at radius 3 is 2.64 bits per heavy atom. The Morgan fingerprint density at radius 2 is 1.88 bits per heavy atom. The SMILES string of the molecule is N#CCCOP(=S)(OC[C@H]1C[C@@H](n2cnc3c(Cl)ncnc32)[C@@H]1CO)O[C@H]1[C@@H](F)[C@H](n2cnc3c(OCCc4ccc([N+](=O)[O-])cc4)nc4nccn4c32)O[C@@H]1CO. The fourth-order valence-corrected chi connectivity index (χ4v) is 9.54. The van der Waals surface area contributed by atoms with Crippen LogP contribution < -0.4 is 4.74 Å². The molecule has 1 saturated heterocycles. The molecular formula is C34H34ClFN11O9PS. The molecule has 58 heavy (non-hydrogen) atoms. The maximum Gasteiger partial charge on any atom is 0.327 e. The number of aromatic nitrogens is 9. The lowest BCUT2D eigenvalue weighted by atomic mass is 9.70. The minimum absolute atomic E-state index is 0.0174. The Balaban J connectivity index is 0.990. The van der Waals surface area contributed by atoms with Crippen molar-refractivity contribution in [1.82, 2.24) is 43.4 Å². The molecule has 1 aromatic carbocycles. The third-order valence-corrected chi connectivity index (χ3v) is 12.8. The normalized spacial score (nSPS) is 24.2. The van der Waals surface area contributed by atoms with Gasteiger partial charge in [0.25, 0.3) is 5.69 Å². The number of halogens is 2. The molecule has 5 aromatic heterocycles. The van der Waals surface area contributed by atoms with E-state index in [1.54, 1.807) is 29.1 Å². The molecule has 0 radical (unpaired) electrons. The van der Waals surface area contributed by atoms with Gasteiger partial charge < -0.3 is 33.3 Å². The number of alkyl halides is 1. The quantitative estimate of drug-likeness (QED) is 0.0432. The minimum Gasteiger partial charge on any atom is -0.476 e. The number of aliphatic hydroxyl groups is 2. The molecular weight excluding hydrogens is 824 g/mol. The fourth-order valence-electron chi connectivity index (χ4n) is 7.22. The summed E-state index contributed by atoms with van der Waals surface area (Å²) in [5.41, 5.74) is 2.32. The lowest BCUT2D eigenvalue weighted by molar-refractivity contribution is -0.384. The summed E-state index contributed by atoms with van der Waals surface area (Å²) < 4.78 is 51.8. The van der Waals surface area contributed by atoms with E-state index in [2.05, 4.69) is 29.9 Å². The van der Waals surface area contributed by atoms with Crippen LogP contribution in [-0.2, 0) is 36.5 Å². The molecule has 8 atom stereocenters. The Kier molecular flexibility index (Phi) is 11.6. The van der Waals surface area contributed by atoms with Crippen LogP contribution in [0.5, 0.6) is 5.88 Å². The minimum atomic E-state index is -3.81. The standard InChI is InChI=1S/C34H34ClFN11O9PS/c35-29-26-30(40-16-39-29)45(17-41-26)23-12-20(22(23)13-48)15-54-57(58,53-10-1-7-37)56-28-24(14-49)55-33(25(28)36)46-18-42-27-31(43-34-38-8-9-44(34)32(27)46)52-11-6-19-2-4-21(5-3-19)47(50)51/h2-5,8-9,16-18,20,22-25,28,33,48-49H,1,6,10-15H2/t20-,22-,23-,24-,25-,28-,33-,57?/m1/s1. The molecule has 1 aliphatic heterocycles. The van der Waals surface area contributed by atoms with E-state index >= 15 is 4.39 Å². The van der Waals surface area contributed by atoms with Crippen molar-refractivity contribution in [2.75, 3.05) is 33.0 Å². The van der Waals surface area contributed by atoms with E-state index in [-0.39, 0.29) is 78.7 Å². The molecule has 20 nitrogen and oxygen atoms in total. The van der Waals surface area contributed by atoms with Gasteiger partial charge in [0.2, 0.25) is 11.7 Å². The number of imidazole rings is 3. The molecule has 0 bridgehead atoms. The van der Waals surface area contributed by atoms with Crippen molar-refractivity contribution in [3.63, 3.8) is 0 Å². The zero-order valence-electron chi connectivity index (χ0n) is 30.2. The molecule has 6 heterocycles. The number of hydrogen-bond donors (Lipinski definition) is 2. The number of benzene rings is 1. The molecule has 2 aliphatic rings. The van der Waals surface area contributed by atoms with Gasteiger partial charge in [-0.3, -0.25) is 23.6 Å². The van der Waals surface area contributed by atoms with Crippen molar-refractivity contribution in [3.8, 4) is 11.9 Å². The summed E-state index contributed by atoms with van der Waals surface area (Å²) in [5, 5.41) is 41.2. The van der Waals surface area contributed by atoms with Gasteiger partial charge in [0.05, 0.1) is 56.5 Å². The van der Waals surface area contributed by atoms with Crippen molar-refractivity contribution in [2.24, 2.45) is 11.8 Å². The van der Waals surface area contributed by atoms with Gasteiger partial charge >= 0.3 is 6.72 Å². The fraction of sp³-hybridized carbons (Fsp3) is 0.441. The summed E-state index contributed by atoms with van der Waals surface area (Å²) in [5.74, 6) is -0.173. The number of rotatable bonds is 17. The van der Waals surface area contributed by atoms with Crippen molar-refractivity contribution in [2.45, 2.75) is 49.9 Å². The highest BCUT2D eigenvalue weighted by atomic mass is 35.5. The Hall–Kier alpha value is -4.82. The maximum atomic E-state index is 16.8. The van der Waals surface area contributed by atoms with Crippen LogP contribution in [0.4, 0.5) is 10.1 Å². The number of nitro benzene ring substituents is 1. The molecule has 2 fully saturated rings. The summed E-state index contributed by atoms with van der Waals surface area (Å²) in [4.78, 5) is 36.4. The number of nitro groups is 1. The predicted molar refractivity (Wildman–Crippen MR) is 204 cm³/mol. The molecule has 1 saturated carbocycles. The van der Waals surface area contributed by atoms with Crippen LogP contribution in [0.25, 0.3) is 28.1 Å². The molecule has 2 N–H and O–H groups in total. The van der Waals surface area contributed by atoms with Crippen LogP contribution in [0.2, 0.25) is 5.15 Å². The second-order valence-electron chi connectivity index (χ2n) is 13.5. The molecule has 0 spiro atoms. The van der Waals surface area contributed by atoms with Crippen molar-refractivity contribution >= 4 is 63.9 Å². The third-order valence-electron chi connectivity index (χ3n) is 10.2. The molecule has 8 rings (SSSR count). The Labute approximate surface area is 337 Å². The van der Waals surface area contributed by atoms with Gasteiger partial charge in [-0.25, -0.2) is 29.3 Å². The maximum absolute atomic E-state index is 16.8. The highest BCUT2D eigenvalue weighted by Crippen LogP contribution is 2.56. The average molecular weight is 858 g/mol. The number of fused-ring (bicyclic) bond motifs is 4. The first-order chi connectivity index (χ1) is 28.1. The number of nitrogens with zero attached hydrogens (tertiary/aromatic N) is 11. The number of ether oxygens (including phenoxy) is 2. The first-order valence-corrected chi connectivity index (χ1v) is 20.9. The number of hydrogen-bond acceptors (Lipinski definition) is 17. The monoisotopic (exact) mass is 857 g/mol. The van der Waals surface area contributed by atoms with Gasteiger partial charge in [-0.2, -0.15) is 10.2 Å². The summed E-state index contributed by atoms with van der Waals surface area (Å²) in [6, 6.07) is 7.88. The van der Waals surface area contributed by atoms with Crippen LogP contribution in [0.1, 0.15) is 30.7 Å². The first kappa shape index (κ1) is 40.0. The van der Waals surface area contributed by atoms with Crippen molar-refractivity contribution < 1.29 is 42.6 Å². The van der Waals surface area contributed by atoms with Crippen LogP contribution in [0, 0.1) is 33.3 Å². The van der Waals surface area contributed by atoms with E-state index in [0.717, 1.165) is 5.56 Å². The summed E-state index contributed by atoms with van der Waals surface area (Å²) in [6.45, 7) is -4.69. The van der Waals surface area contributed by atoms with Crippen molar-refractivity contribution in [1.29, 1.82) is 5.26 Å². The third kappa shape index (κ3) is 7.60. The second kappa shape index (κ2) is 16.8. The molecule has 0 amide bonds. The Bertz CT molecular complexity index is 2540. The summed E-state index contributed by atoms with van der Waals surface area (Å²) in [6.07, 6.45) is 2.27. The number of nitriles is 1. The van der Waals surface area contributed by atoms with E-state index < -0.39 is 42.9 Å². The van der Waals surface area contributed by atoms with E-state index in [1.165, 1.54) is 35.6 Å². The van der Waals surface area contributed by atoms with Gasteiger partial charge in [-0.1, -0.05) is 23.7 Å². The Morgan fingerprint density at radius 1 is 1.09 bits per heavy atom. The van der Waals surface area contributed by atoms with Gasteiger partial charge in [-0.15, -0.1) is 0 Å². The summed E-state index contributed by atoms with van der Waals surface area (Å²) >= 11 is 12.0. The van der Waals surface area contributed by atoms with Crippen LogP contribution in [0.3, 0.4) is 0 Å². The molecule has 304 valence electrons. The van der Waals surface area contributed by atoms with E-state index in [0.29, 0.717) is 29.7 Å². The van der Waals surface area contributed by atoms with E-state index in [9.17, 15) is 25.6 Å².